The van der Waals surface area contributed by atoms with Gasteiger partial charge in [-0.2, -0.15) is 0 Å². The quantitative estimate of drug-likeness (QED) is 0.710. The zero-order chi connectivity index (χ0) is 20.9. The minimum absolute atomic E-state index is 0.178. The highest BCUT2D eigenvalue weighted by atomic mass is 16.6. The Morgan fingerprint density at radius 2 is 1.64 bits per heavy atom. The molecule has 1 heterocycles. The van der Waals surface area contributed by atoms with Crippen LogP contribution in [0.4, 0.5) is 4.79 Å². The molecule has 0 aliphatic carbocycles. The first-order valence-corrected chi connectivity index (χ1v) is 9.50. The molecule has 7 nitrogen and oxygen atoms in total. The van der Waals surface area contributed by atoms with E-state index in [1.807, 2.05) is 39.8 Å². The number of likely N-dealkylation sites (tertiary alicyclic amines) is 1. The van der Waals surface area contributed by atoms with Crippen molar-refractivity contribution in [3.8, 4) is 11.5 Å². The van der Waals surface area contributed by atoms with Gasteiger partial charge in [-0.1, -0.05) is 0 Å². The lowest BCUT2D eigenvalue weighted by Crippen LogP contribution is -2.43. The first-order chi connectivity index (χ1) is 13.1. The van der Waals surface area contributed by atoms with Crippen molar-refractivity contribution in [2.45, 2.75) is 52.7 Å². The molecule has 1 fully saturated rings. The van der Waals surface area contributed by atoms with Crippen molar-refractivity contribution >= 4 is 12.1 Å². The number of hydrogen-bond donors (Lipinski definition) is 0. The van der Waals surface area contributed by atoms with Gasteiger partial charge in [-0.05, 0) is 63.8 Å². The Balaban J connectivity index is 1.87. The highest BCUT2D eigenvalue weighted by Gasteiger charge is 2.30. The highest BCUT2D eigenvalue weighted by Crippen LogP contribution is 2.31. The highest BCUT2D eigenvalue weighted by molar-refractivity contribution is 5.73. The van der Waals surface area contributed by atoms with Crippen LogP contribution in [0.3, 0.4) is 0 Å². The molecule has 1 aromatic rings. The Kier molecular flexibility index (Phi) is 7.16. The van der Waals surface area contributed by atoms with Crippen LogP contribution in [0.2, 0.25) is 0 Å². The number of benzene rings is 1. The van der Waals surface area contributed by atoms with E-state index in [-0.39, 0.29) is 24.6 Å². The Morgan fingerprint density at radius 1 is 1.07 bits per heavy atom. The largest absolute Gasteiger partial charge is 0.493 e. The zero-order valence-corrected chi connectivity index (χ0v) is 17.7. The second-order valence-corrected chi connectivity index (χ2v) is 7.98. The van der Waals surface area contributed by atoms with Gasteiger partial charge < -0.3 is 23.8 Å². The number of methoxy groups -OCH3 is 2. The normalized spacial score (nSPS) is 15.1. The van der Waals surface area contributed by atoms with E-state index in [0.717, 1.165) is 11.1 Å². The minimum atomic E-state index is -0.524. The first kappa shape index (κ1) is 21.9. The number of piperidine rings is 1. The zero-order valence-electron chi connectivity index (χ0n) is 17.7. The van der Waals surface area contributed by atoms with E-state index in [4.69, 9.17) is 18.9 Å². The Morgan fingerprint density at radius 3 is 2.18 bits per heavy atom. The number of carbonyl (C=O) groups excluding carboxylic acids is 2. The van der Waals surface area contributed by atoms with Gasteiger partial charge in [0.25, 0.3) is 0 Å². The van der Waals surface area contributed by atoms with Crippen LogP contribution < -0.4 is 9.47 Å². The summed E-state index contributed by atoms with van der Waals surface area (Å²) in [6.45, 7) is 8.61. The molecule has 1 aliphatic heterocycles. The van der Waals surface area contributed by atoms with Gasteiger partial charge >= 0.3 is 12.1 Å². The van der Waals surface area contributed by atoms with Crippen LogP contribution in [0.25, 0.3) is 0 Å². The molecule has 2 rings (SSSR count). The standard InChI is InChI=1S/C21H31NO6/c1-14-11-17(25-5)18(26-6)12-16(14)13-27-19(23)15-7-9-22(10-8-15)20(24)28-21(2,3)4/h11-12,15H,7-10,13H2,1-6H3. The van der Waals surface area contributed by atoms with Crippen molar-refractivity contribution in [1.82, 2.24) is 4.90 Å². The Bertz CT molecular complexity index is 702. The molecule has 156 valence electrons. The Labute approximate surface area is 166 Å². The average Bonchev–Trinajstić information content (AvgIpc) is 2.65. The second kappa shape index (κ2) is 9.17. The third-order valence-corrected chi connectivity index (χ3v) is 4.69. The summed E-state index contributed by atoms with van der Waals surface area (Å²) in [7, 11) is 3.15. The predicted octanol–water partition coefficient (Wildman–Crippen LogP) is 3.70. The predicted molar refractivity (Wildman–Crippen MR) is 105 cm³/mol. The topological polar surface area (TPSA) is 74.3 Å². The molecule has 0 saturated carbocycles. The number of hydrogen-bond acceptors (Lipinski definition) is 6. The van der Waals surface area contributed by atoms with Crippen LogP contribution in [-0.4, -0.2) is 49.9 Å². The lowest BCUT2D eigenvalue weighted by atomic mass is 9.97. The number of esters is 1. The molecule has 1 aliphatic rings. The summed E-state index contributed by atoms with van der Waals surface area (Å²) in [5.74, 6) is 0.798. The molecule has 0 aromatic heterocycles. The van der Waals surface area contributed by atoms with Crippen molar-refractivity contribution in [1.29, 1.82) is 0 Å². The molecular weight excluding hydrogens is 362 g/mol. The lowest BCUT2D eigenvalue weighted by molar-refractivity contribution is -0.151. The van der Waals surface area contributed by atoms with Crippen LogP contribution >= 0.6 is 0 Å². The number of ether oxygens (including phenoxy) is 4. The summed E-state index contributed by atoms with van der Waals surface area (Å²) in [5.41, 5.74) is 1.31. The minimum Gasteiger partial charge on any atom is -0.493 e. The molecule has 28 heavy (non-hydrogen) atoms. The van der Waals surface area contributed by atoms with Crippen LogP contribution in [-0.2, 0) is 20.9 Å². The molecule has 1 saturated heterocycles. The van der Waals surface area contributed by atoms with Crippen LogP contribution in [0.5, 0.6) is 11.5 Å². The number of carbonyl (C=O) groups is 2. The summed E-state index contributed by atoms with van der Waals surface area (Å²) in [5, 5.41) is 0. The van der Waals surface area contributed by atoms with Gasteiger partial charge in [0.2, 0.25) is 0 Å². The van der Waals surface area contributed by atoms with Crippen molar-refractivity contribution in [2.24, 2.45) is 5.92 Å². The molecule has 7 heteroatoms. The second-order valence-electron chi connectivity index (χ2n) is 7.98. The van der Waals surface area contributed by atoms with Crippen molar-refractivity contribution in [2.75, 3.05) is 27.3 Å². The summed E-state index contributed by atoms with van der Waals surface area (Å²) in [6.07, 6.45) is 0.812. The maximum atomic E-state index is 12.5. The van der Waals surface area contributed by atoms with Gasteiger partial charge in [0.15, 0.2) is 11.5 Å². The number of aryl methyl sites for hydroxylation is 1. The molecule has 1 amide bonds. The van der Waals surface area contributed by atoms with Gasteiger partial charge in [-0.15, -0.1) is 0 Å². The lowest BCUT2D eigenvalue weighted by Gasteiger charge is -2.32. The van der Waals surface area contributed by atoms with Gasteiger partial charge in [0.05, 0.1) is 20.1 Å². The average molecular weight is 393 g/mol. The molecule has 0 bridgehead atoms. The smallest absolute Gasteiger partial charge is 0.410 e. The van der Waals surface area contributed by atoms with Crippen LogP contribution in [0.1, 0.15) is 44.7 Å². The molecule has 0 unspecified atom stereocenters. The summed E-state index contributed by atoms with van der Waals surface area (Å²) in [6, 6.07) is 3.69. The molecule has 0 spiro atoms. The maximum Gasteiger partial charge on any atom is 0.410 e. The number of nitrogens with zero attached hydrogens (tertiary/aromatic N) is 1. The number of rotatable bonds is 5. The summed E-state index contributed by atoms with van der Waals surface area (Å²) < 4.78 is 21.5. The van der Waals surface area contributed by atoms with Gasteiger partial charge in [-0.25, -0.2) is 4.79 Å². The van der Waals surface area contributed by atoms with Crippen LogP contribution in [0, 0.1) is 12.8 Å². The van der Waals surface area contributed by atoms with Crippen LogP contribution in [0.15, 0.2) is 12.1 Å². The Hall–Kier alpha value is -2.44. The number of amides is 1. The third-order valence-electron chi connectivity index (χ3n) is 4.69. The SMILES string of the molecule is COc1cc(C)c(COC(=O)C2CCN(C(=O)OC(C)(C)C)CC2)cc1OC. The molecular formula is C21H31NO6. The molecule has 0 radical (unpaired) electrons. The molecule has 0 N–H and O–H groups in total. The van der Waals surface area contributed by atoms with E-state index in [1.165, 1.54) is 0 Å². The fourth-order valence-corrected chi connectivity index (χ4v) is 3.07. The van der Waals surface area contributed by atoms with E-state index >= 15 is 0 Å². The molecule has 0 atom stereocenters. The monoisotopic (exact) mass is 393 g/mol. The van der Waals surface area contributed by atoms with Gasteiger partial charge in [-0.3, -0.25) is 4.79 Å². The van der Waals surface area contributed by atoms with Gasteiger partial charge in [0.1, 0.15) is 12.2 Å². The van der Waals surface area contributed by atoms with Crippen molar-refractivity contribution in [3.63, 3.8) is 0 Å². The van der Waals surface area contributed by atoms with Crippen molar-refractivity contribution in [3.05, 3.63) is 23.3 Å². The van der Waals surface area contributed by atoms with Gasteiger partial charge in [0, 0.05) is 13.1 Å². The third kappa shape index (κ3) is 5.78. The van der Waals surface area contributed by atoms with E-state index < -0.39 is 5.60 Å². The maximum absolute atomic E-state index is 12.5. The summed E-state index contributed by atoms with van der Waals surface area (Å²) >= 11 is 0. The first-order valence-electron chi connectivity index (χ1n) is 9.50. The fourth-order valence-electron chi connectivity index (χ4n) is 3.07. The fraction of sp³-hybridized carbons (Fsp3) is 0.619. The summed E-state index contributed by atoms with van der Waals surface area (Å²) in [4.78, 5) is 26.2. The van der Waals surface area contributed by atoms with Crippen molar-refractivity contribution < 1.29 is 28.5 Å². The molecule has 1 aromatic carbocycles. The van der Waals surface area contributed by atoms with E-state index in [9.17, 15) is 9.59 Å². The van der Waals surface area contributed by atoms with E-state index in [2.05, 4.69) is 0 Å². The van der Waals surface area contributed by atoms with E-state index in [1.54, 1.807) is 19.1 Å². The van der Waals surface area contributed by atoms with E-state index in [0.29, 0.717) is 37.4 Å².